The number of allylic oxidation sites excluding steroid dienone is 5. The van der Waals surface area contributed by atoms with Gasteiger partial charge in [-0.05, 0) is 158 Å². The van der Waals surface area contributed by atoms with Gasteiger partial charge < -0.3 is 89.5 Å². The number of nitrogens with two attached hydrogens (primary N) is 2. The quantitative estimate of drug-likeness (QED) is 0.0150. The predicted octanol–water partition coefficient (Wildman–Crippen LogP) is 5.40. The number of ether oxygens (including phenoxy) is 1. The Morgan fingerprint density at radius 1 is 0.603 bits per heavy atom. The predicted molar refractivity (Wildman–Crippen MR) is 446 cm³/mol. The summed E-state index contributed by atoms with van der Waals surface area (Å²) in [5.74, 6) is -11.8. The summed E-state index contributed by atoms with van der Waals surface area (Å²) in [5, 5.41) is 47.6. The van der Waals surface area contributed by atoms with E-state index in [4.69, 9.17) is 16.2 Å². The van der Waals surface area contributed by atoms with E-state index in [2.05, 4.69) is 97.2 Å². The molecule has 5 rings (SSSR count). The molecular weight excluding hydrogens is 1510 g/mol. The molecule has 0 saturated carbocycles. The Morgan fingerprint density at radius 3 is 1.78 bits per heavy atom. The van der Waals surface area contributed by atoms with Crippen LogP contribution in [0.1, 0.15) is 170 Å². The smallest absolute Gasteiger partial charge is 0.329 e. The molecule has 1 aliphatic heterocycles. The molecule has 0 aliphatic carbocycles. The Kier molecular flexibility index (Phi) is 41.0. The molecule has 116 heavy (non-hydrogen) atoms. The van der Waals surface area contributed by atoms with Crippen molar-refractivity contribution in [1.82, 2.24) is 63.1 Å². The maximum Gasteiger partial charge on any atom is 0.329 e. The number of aromatic nitrogens is 1. The molecule has 31 heteroatoms. The van der Waals surface area contributed by atoms with Crippen LogP contribution >= 0.6 is 11.8 Å². The Hall–Kier alpha value is -10.4. The van der Waals surface area contributed by atoms with Crippen LogP contribution in [0.3, 0.4) is 0 Å². The van der Waals surface area contributed by atoms with E-state index in [0.717, 1.165) is 30.6 Å². The van der Waals surface area contributed by atoms with Gasteiger partial charge >= 0.3 is 11.9 Å². The zero-order valence-electron chi connectivity index (χ0n) is 69.2. The number of rotatable bonds is 49. The minimum absolute atomic E-state index is 0.0399. The summed E-state index contributed by atoms with van der Waals surface area (Å²) in [4.78, 5) is 187. The van der Waals surface area contributed by atoms with E-state index in [1.165, 1.54) is 54.6 Å². The topological polar surface area (TPSA) is 463 Å². The van der Waals surface area contributed by atoms with Crippen LogP contribution in [0, 0.1) is 17.8 Å². The van der Waals surface area contributed by atoms with Gasteiger partial charge in [0.05, 0.1) is 26.1 Å². The van der Waals surface area contributed by atoms with Gasteiger partial charge in [-0.1, -0.05) is 150 Å². The van der Waals surface area contributed by atoms with Gasteiger partial charge in [0.15, 0.2) is 0 Å². The van der Waals surface area contributed by atoms with Gasteiger partial charge in [-0.3, -0.25) is 57.5 Å². The van der Waals surface area contributed by atoms with Gasteiger partial charge in [0.25, 0.3) is 0 Å². The first kappa shape index (κ1) is 96.2. The average Bonchev–Trinajstić information content (AvgIpc) is 1.64. The van der Waals surface area contributed by atoms with Gasteiger partial charge in [-0.2, -0.15) is 11.8 Å². The number of carboxylic acids is 1. The number of aromatic amines is 1. The first-order valence-corrected chi connectivity index (χ1v) is 41.3. The lowest BCUT2D eigenvalue weighted by Gasteiger charge is -2.30. The SMILES string of the molecule is CC[C@H](C)[C@H](NC(=O)[C@@H](NC(=O)[C@@H](N)Cc1ccc(O)cc1)[C@@H](C)CC)C(=O)N[C@@H](CCCCN)C(=O)NCC(=O)N[C@H](C(=O)N[C@@H](Cc1ccccc1)C(=O)N[C@@H](Cc1c[nH]c2ccccc12)C(=O)N[C@@H](CC(=O)O)C(=O)N1CCC[C@H]1C(=O)N[C@@H](C)C(=O)N[C@@H](CSC/C=C(\C)CC/C=C(\C)CCC=C(C)C)C(=O)OC)C(C)C. The fraction of sp³-hybridized carbons (Fsp3) is 0.541. The third kappa shape index (κ3) is 32.0. The van der Waals surface area contributed by atoms with E-state index in [-0.39, 0.29) is 63.1 Å². The summed E-state index contributed by atoms with van der Waals surface area (Å²) in [5.41, 5.74) is 18.3. The number of nitrogens with zero attached hydrogens (tertiary/aromatic N) is 1. The first-order valence-electron chi connectivity index (χ1n) is 40.1. The Bertz CT molecular complexity index is 4050. The summed E-state index contributed by atoms with van der Waals surface area (Å²) in [6.45, 7) is 19.7. The number of methoxy groups -OCH3 is 1. The molecule has 0 bridgehead atoms. The minimum atomic E-state index is -1.81. The molecule has 0 radical (unpaired) electrons. The molecule has 0 spiro atoms. The van der Waals surface area contributed by atoms with E-state index in [0.29, 0.717) is 59.0 Å². The maximum atomic E-state index is 15.1. The second-order valence-electron chi connectivity index (χ2n) is 30.6. The van der Waals surface area contributed by atoms with Gasteiger partial charge in [0.1, 0.15) is 66.2 Å². The number of esters is 1. The van der Waals surface area contributed by atoms with Crippen molar-refractivity contribution in [3.05, 3.63) is 137 Å². The number of thioether (sulfide) groups is 1. The van der Waals surface area contributed by atoms with Crippen molar-refractivity contribution >= 4 is 99.6 Å². The second kappa shape index (κ2) is 49.5. The summed E-state index contributed by atoms with van der Waals surface area (Å²) in [7, 11) is 1.20. The number of carbonyl (C=O) groups is 13. The number of phenols is 1. The van der Waals surface area contributed by atoms with Crippen LogP contribution in [0.2, 0.25) is 0 Å². The van der Waals surface area contributed by atoms with Gasteiger partial charge in [-0.15, -0.1) is 0 Å². The minimum Gasteiger partial charge on any atom is -0.508 e. The van der Waals surface area contributed by atoms with Crippen LogP contribution in [0.5, 0.6) is 5.75 Å². The fourth-order valence-corrected chi connectivity index (χ4v) is 14.1. The third-order valence-corrected chi connectivity index (χ3v) is 21.5. The monoisotopic (exact) mass is 1630 g/mol. The number of hydrogen-bond acceptors (Lipinski definition) is 18. The molecule has 3 aromatic carbocycles. The molecule has 1 fully saturated rings. The van der Waals surface area contributed by atoms with Crippen LogP contribution in [0.25, 0.3) is 10.9 Å². The highest BCUT2D eigenvalue weighted by molar-refractivity contribution is 7.99. The zero-order valence-corrected chi connectivity index (χ0v) is 70.0. The Balaban J connectivity index is 1.30. The van der Waals surface area contributed by atoms with Gasteiger partial charge in [0.2, 0.25) is 65.0 Å². The highest BCUT2D eigenvalue weighted by Gasteiger charge is 2.42. The summed E-state index contributed by atoms with van der Waals surface area (Å²) in [6, 6.07) is 7.46. The molecule has 17 N–H and O–H groups in total. The molecule has 1 saturated heterocycles. The van der Waals surface area contributed by atoms with Crippen LogP contribution in [-0.4, -0.2) is 202 Å². The lowest BCUT2D eigenvalue weighted by molar-refractivity contribution is -0.146. The normalized spacial score (nSPS) is 16.0. The highest BCUT2D eigenvalue weighted by Crippen LogP contribution is 2.24. The van der Waals surface area contributed by atoms with Crippen molar-refractivity contribution in [3.8, 4) is 5.75 Å². The largest absolute Gasteiger partial charge is 0.508 e. The van der Waals surface area contributed by atoms with E-state index in [1.807, 2.05) is 20.8 Å². The maximum absolute atomic E-state index is 15.1. The number of H-pyrrole nitrogens is 1. The molecule has 4 aromatic rings. The number of aromatic hydroxyl groups is 1. The van der Waals surface area contributed by atoms with E-state index in [9.17, 15) is 63.0 Å². The Morgan fingerprint density at radius 2 is 1.16 bits per heavy atom. The number of nitrogens with one attached hydrogen (secondary N) is 11. The van der Waals surface area contributed by atoms with Crippen molar-refractivity contribution in [3.63, 3.8) is 0 Å². The molecule has 1 aromatic heterocycles. The van der Waals surface area contributed by atoms with Crippen LogP contribution in [0.4, 0.5) is 0 Å². The number of aliphatic carboxylic acids is 1. The summed E-state index contributed by atoms with van der Waals surface area (Å²) >= 11 is 1.41. The van der Waals surface area contributed by atoms with Crippen molar-refractivity contribution in [2.45, 2.75) is 239 Å². The van der Waals surface area contributed by atoms with Crippen molar-refractivity contribution in [1.29, 1.82) is 0 Å². The second-order valence-corrected chi connectivity index (χ2v) is 31.7. The Labute approximate surface area is 685 Å². The lowest BCUT2D eigenvalue weighted by atomic mass is 9.94. The number of likely N-dealkylation sites (tertiary alicyclic amines) is 1. The number of fused-ring (bicyclic) bond motifs is 1. The fourth-order valence-electron chi connectivity index (χ4n) is 13.1. The first-order chi connectivity index (χ1) is 55.2. The van der Waals surface area contributed by atoms with E-state index < -0.39 is 174 Å². The lowest BCUT2D eigenvalue weighted by Crippen LogP contribution is -2.61. The number of carbonyl (C=O) groups excluding carboxylic acids is 12. The number of para-hydroxylation sites is 1. The van der Waals surface area contributed by atoms with Crippen molar-refractivity contribution in [2.75, 3.05) is 38.2 Å². The number of carboxylic acid groups (broad SMARTS) is 1. The van der Waals surface area contributed by atoms with Crippen LogP contribution in [0.15, 0.2) is 120 Å². The molecule has 30 nitrogen and oxygen atoms in total. The third-order valence-electron chi connectivity index (χ3n) is 20.6. The highest BCUT2D eigenvalue weighted by atomic mass is 32.2. The van der Waals surface area contributed by atoms with Gasteiger partial charge in [-0.25, -0.2) is 4.79 Å². The molecule has 1 aliphatic rings. The summed E-state index contributed by atoms with van der Waals surface area (Å²) in [6.07, 6.45) is 12.8. The number of hydrogen-bond donors (Lipinski definition) is 15. The molecule has 0 unspecified atom stereocenters. The van der Waals surface area contributed by atoms with Gasteiger partial charge in [0, 0.05) is 48.0 Å². The van der Waals surface area contributed by atoms with E-state index >= 15 is 9.59 Å². The van der Waals surface area contributed by atoms with E-state index in [1.54, 1.807) is 101 Å². The number of benzene rings is 3. The van der Waals surface area contributed by atoms with Crippen molar-refractivity contribution in [2.24, 2.45) is 29.2 Å². The average molecular weight is 1630 g/mol. The van der Waals surface area contributed by atoms with Crippen LogP contribution in [-0.2, 0) is 86.3 Å². The number of unbranched alkanes of at least 4 members (excludes halogenated alkanes) is 1. The number of phenolic OH excluding ortho intramolecular Hbond substituents is 1. The number of amides is 11. The summed E-state index contributed by atoms with van der Waals surface area (Å²) < 4.78 is 5.01. The standard InChI is InChI=1S/C85H124N14O16S/c1-13-54(9)73(98-83(112)74(55(10)14-2)97-76(105)62(87)43-58-35-37-60(100)38-36-58)82(111)91-64(33-20-21-40-86)77(106)89-48-70(101)96-72(51(5)6)81(110)93-65(44-57-29-16-15-17-30-57)78(107)92-66(45-59-47-88-63-32-19-18-31-61(59)63)79(108)94-67(46-71(102)103)84(113)99-41-24-34-69(99)80(109)90-56(11)75(104)95-68(85(114)115-12)49-116-42-39-53(8)28-23-27-52(7)26-22-25-50(3)4/h15-19,25,27,29-32,35-39,47,51,54-56,62,64-69,72-74,88,100H,13-14,20-24,26,28,33-34,40-46,48-49,86-87H2,1-12H3,(H,89,106)(H,90,109)(H,91,111)(H,92,107)(H,93,110)(H,94,108)(H,95,104)(H,96,101)(H,97,105)(H,98,112)(H,102,103)/b52-27+,53-39+/t54-,55-,56-,62-,64-,65-,66-,67-,68-,69-,72-,73-,74-/m0/s1. The molecule has 636 valence electrons. The molecule has 11 amide bonds. The molecule has 2 heterocycles. The van der Waals surface area contributed by atoms with Crippen molar-refractivity contribution < 1.29 is 77.3 Å². The zero-order chi connectivity index (χ0) is 85.7. The molecular formula is C85H124N14O16S. The molecule has 13 atom stereocenters. The van der Waals surface area contributed by atoms with Crippen LogP contribution < -0.4 is 64.6 Å².